The van der Waals surface area contributed by atoms with Crippen LogP contribution in [0.15, 0.2) is 41.7 Å². The Kier molecular flexibility index (Phi) is 4.38. The van der Waals surface area contributed by atoms with Crippen LogP contribution in [0.2, 0.25) is 0 Å². The van der Waals surface area contributed by atoms with Crippen LogP contribution in [0.5, 0.6) is 0 Å². The van der Waals surface area contributed by atoms with E-state index in [-0.39, 0.29) is 5.56 Å². The van der Waals surface area contributed by atoms with Gasteiger partial charge >= 0.3 is 0 Å². The average molecular weight is 350 g/mol. The minimum absolute atomic E-state index is 0.00873. The molecule has 0 bridgehead atoms. The Hall–Kier alpha value is -2.80. The number of piperazine rings is 1. The lowest BCUT2D eigenvalue weighted by atomic mass is 10.2. The maximum atomic E-state index is 12.1. The van der Waals surface area contributed by atoms with Crippen molar-refractivity contribution in [2.45, 2.75) is 13.5 Å². The van der Waals surface area contributed by atoms with Crippen LogP contribution in [-0.4, -0.2) is 50.6 Å². The van der Waals surface area contributed by atoms with Gasteiger partial charge in [-0.1, -0.05) is 0 Å². The fourth-order valence-corrected chi connectivity index (χ4v) is 3.29. The van der Waals surface area contributed by atoms with Gasteiger partial charge in [-0.3, -0.25) is 19.7 Å². The molecule has 26 heavy (non-hydrogen) atoms. The summed E-state index contributed by atoms with van der Waals surface area (Å²) in [5.41, 5.74) is 3.81. The van der Waals surface area contributed by atoms with Gasteiger partial charge < -0.3 is 9.47 Å². The second-order valence-corrected chi connectivity index (χ2v) is 6.77. The standard InChI is InChI=1S/C19H22N6O/c1-14-10-21-15(11-20-14)12-24-5-7-25(8-6-24)16-3-4-17-18(9-16)22-13-23(2)19(17)26/h3-4,9-11,13H,5-8,12H2,1-2H3. The largest absolute Gasteiger partial charge is 0.369 e. The summed E-state index contributed by atoms with van der Waals surface area (Å²) in [6, 6.07) is 5.92. The van der Waals surface area contributed by atoms with E-state index < -0.39 is 0 Å². The van der Waals surface area contributed by atoms with Crippen LogP contribution >= 0.6 is 0 Å². The molecule has 0 aliphatic carbocycles. The second kappa shape index (κ2) is 6.84. The van der Waals surface area contributed by atoms with Crippen LogP contribution in [0.3, 0.4) is 0 Å². The van der Waals surface area contributed by atoms with Crippen molar-refractivity contribution in [1.82, 2.24) is 24.4 Å². The summed E-state index contributed by atoms with van der Waals surface area (Å²) in [4.78, 5) is 30.0. The van der Waals surface area contributed by atoms with E-state index in [1.165, 1.54) is 4.57 Å². The molecule has 0 N–H and O–H groups in total. The zero-order valence-electron chi connectivity index (χ0n) is 15.1. The highest BCUT2D eigenvalue weighted by molar-refractivity contribution is 5.81. The van der Waals surface area contributed by atoms with Crippen molar-refractivity contribution in [2.24, 2.45) is 7.05 Å². The third kappa shape index (κ3) is 3.30. The number of hydrogen-bond acceptors (Lipinski definition) is 6. The lowest BCUT2D eigenvalue weighted by molar-refractivity contribution is 0.247. The Bertz CT molecular complexity index is 973. The summed E-state index contributed by atoms with van der Waals surface area (Å²) in [6.45, 7) is 6.60. The molecule has 7 nitrogen and oxygen atoms in total. The molecule has 1 aliphatic heterocycles. The number of rotatable bonds is 3. The number of aryl methyl sites for hydroxylation is 2. The summed E-state index contributed by atoms with van der Waals surface area (Å²) in [7, 11) is 1.72. The van der Waals surface area contributed by atoms with E-state index in [0.29, 0.717) is 5.39 Å². The van der Waals surface area contributed by atoms with Gasteiger partial charge in [-0.15, -0.1) is 0 Å². The van der Waals surface area contributed by atoms with Crippen molar-refractivity contribution in [1.29, 1.82) is 0 Å². The van der Waals surface area contributed by atoms with E-state index in [1.807, 2.05) is 37.5 Å². The summed E-state index contributed by atoms with van der Waals surface area (Å²) in [5, 5.41) is 0.662. The molecule has 4 rings (SSSR count). The van der Waals surface area contributed by atoms with Crippen molar-refractivity contribution in [2.75, 3.05) is 31.1 Å². The molecule has 0 amide bonds. The number of hydrogen-bond donors (Lipinski definition) is 0. The highest BCUT2D eigenvalue weighted by atomic mass is 16.1. The smallest absolute Gasteiger partial charge is 0.260 e. The molecule has 3 heterocycles. The Balaban J connectivity index is 1.44. The molecule has 1 aromatic carbocycles. The quantitative estimate of drug-likeness (QED) is 0.710. The Morgan fingerprint density at radius 2 is 1.85 bits per heavy atom. The summed E-state index contributed by atoms with van der Waals surface area (Å²) >= 11 is 0. The molecular formula is C19H22N6O. The third-order valence-corrected chi connectivity index (χ3v) is 4.86. The second-order valence-electron chi connectivity index (χ2n) is 6.77. The van der Waals surface area contributed by atoms with E-state index >= 15 is 0 Å². The minimum Gasteiger partial charge on any atom is -0.369 e. The van der Waals surface area contributed by atoms with E-state index in [2.05, 4.69) is 24.8 Å². The average Bonchev–Trinajstić information content (AvgIpc) is 2.67. The predicted octanol–water partition coefficient (Wildman–Crippen LogP) is 1.35. The molecule has 2 aromatic heterocycles. The van der Waals surface area contributed by atoms with Crippen molar-refractivity contribution < 1.29 is 0 Å². The fraction of sp³-hybridized carbons (Fsp3) is 0.368. The van der Waals surface area contributed by atoms with Gasteiger partial charge in [-0.2, -0.15) is 0 Å². The SMILES string of the molecule is Cc1cnc(CN2CCN(c3ccc4c(=O)n(C)cnc4c3)CC2)cn1. The van der Waals surface area contributed by atoms with Crippen LogP contribution in [0.4, 0.5) is 5.69 Å². The minimum atomic E-state index is -0.00873. The number of nitrogens with zero attached hydrogens (tertiary/aromatic N) is 6. The van der Waals surface area contributed by atoms with Crippen molar-refractivity contribution in [3.63, 3.8) is 0 Å². The Labute approximate surface area is 151 Å². The molecule has 0 saturated carbocycles. The van der Waals surface area contributed by atoms with E-state index in [4.69, 9.17) is 0 Å². The lowest BCUT2D eigenvalue weighted by Crippen LogP contribution is -2.46. The third-order valence-electron chi connectivity index (χ3n) is 4.86. The number of benzene rings is 1. The zero-order valence-corrected chi connectivity index (χ0v) is 15.1. The van der Waals surface area contributed by atoms with Gasteiger partial charge in [0.1, 0.15) is 0 Å². The van der Waals surface area contributed by atoms with Gasteiger partial charge in [0.25, 0.3) is 5.56 Å². The maximum Gasteiger partial charge on any atom is 0.260 e. The number of aromatic nitrogens is 4. The van der Waals surface area contributed by atoms with Gasteiger partial charge in [0.05, 0.1) is 28.6 Å². The Morgan fingerprint density at radius 3 is 2.58 bits per heavy atom. The van der Waals surface area contributed by atoms with Crippen LogP contribution in [0.25, 0.3) is 10.9 Å². The first-order chi connectivity index (χ1) is 12.6. The van der Waals surface area contributed by atoms with Gasteiger partial charge in [-0.25, -0.2) is 4.98 Å². The molecule has 0 radical (unpaired) electrons. The molecule has 0 unspecified atom stereocenters. The normalized spacial score (nSPS) is 15.5. The highest BCUT2D eigenvalue weighted by Crippen LogP contribution is 2.20. The molecule has 134 valence electrons. The molecule has 1 aliphatic rings. The van der Waals surface area contributed by atoms with E-state index in [9.17, 15) is 4.79 Å². The first kappa shape index (κ1) is 16.7. The van der Waals surface area contributed by atoms with Gasteiger partial charge in [0.2, 0.25) is 0 Å². The lowest BCUT2D eigenvalue weighted by Gasteiger charge is -2.36. The summed E-state index contributed by atoms with van der Waals surface area (Å²) in [5.74, 6) is 0. The van der Waals surface area contributed by atoms with E-state index in [0.717, 1.165) is 55.3 Å². The van der Waals surface area contributed by atoms with Crippen LogP contribution < -0.4 is 10.5 Å². The first-order valence-electron chi connectivity index (χ1n) is 8.80. The number of anilines is 1. The summed E-state index contributed by atoms with van der Waals surface area (Å²) in [6.07, 6.45) is 5.25. The van der Waals surface area contributed by atoms with Crippen molar-refractivity contribution in [3.8, 4) is 0 Å². The molecule has 7 heteroatoms. The van der Waals surface area contributed by atoms with Crippen LogP contribution in [-0.2, 0) is 13.6 Å². The monoisotopic (exact) mass is 350 g/mol. The molecular weight excluding hydrogens is 328 g/mol. The number of fused-ring (bicyclic) bond motifs is 1. The van der Waals surface area contributed by atoms with Crippen LogP contribution in [0, 0.1) is 6.92 Å². The van der Waals surface area contributed by atoms with Gasteiger partial charge in [0.15, 0.2) is 0 Å². The predicted molar refractivity (Wildman–Crippen MR) is 101 cm³/mol. The molecule has 0 spiro atoms. The highest BCUT2D eigenvalue weighted by Gasteiger charge is 2.18. The molecule has 0 atom stereocenters. The topological polar surface area (TPSA) is 67.2 Å². The van der Waals surface area contributed by atoms with E-state index in [1.54, 1.807) is 13.4 Å². The van der Waals surface area contributed by atoms with Crippen molar-refractivity contribution in [3.05, 3.63) is 58.7 Å². The molecule has 1 fully saturated rings. The summed E-state index contributed by atoms with van der Waals surface area (Å²) < 4.78 is 1.51. The van der Waals surface area contributed by atoms with Gasteiger partial charge in [0, 0.05) is 57.9 Å². The molecule has 1 saturated heterocycles. The first-order valence-corrected chi connectivity index (χ1v) is 8.80. The maximum absolute atomic E-state index is 12.1. The van der Waals surface area contributed by atoms with Crippen molar-refractivity contribution >= 4 is 16.6 Å². The van der Waals surface area contributed by atoms with Crippen LogP contribution in [0.1, 0.15) is 11.4 Å². The Morgan fingerprint density at radius 1 is 1.04 bits per heavy atom. The molecule has 3 aromatic rings. The fourth-order valence-electron chi connectivity index (χ4n) is 3.29. The zero-order chi connectivity index (χ0) is 18.1. The van der Waals surface area contributed by atoms with Gasteiger partial charge in [-0.05, 0) is 25.1 Å².